The summed E-state index contributed by atoms with van der Waals surface area (Å²) in [6.45, 7) is 4.11. The maximum atomic E-state index is 13.0. The van der Waals surface area contributed by atoms with E-state index in [-0.39, 0.29) is 16.8 Å². The predicted molar refractivity (Wildman–Crippen MR) is 103 cm³/mol. The molecule has 0 aliphatic carbocycles. The summed E-state index contributed by atoms with van der Waals surface area (Å²) in [6, 6.07) is 9.72. The van der Waals surface area contributed by atoms with Gasteiger partial charge in [-0.1, -0.05) is 31.2 Å². The molecule has 1 aromatic carbocycles. The number of carbonyl (C=O) groups is 1. The van der Waals surface area contributed by atoms with Crippen LogP contribution in [-0.4, -0.2) is 45.9 Å². The van der Waals surface area contributed by atoms with Crippen LogP contribution in [0.15, 0.2) is 40.6 Å². The Hall–Kier alpha value is -1.74. The largest absolute Gasteiger partial charge is 0.328 e. The Kier molecular flexibility index (Phi) is 5.76. The van der Waals surface area contributed by atoms with Gasteiger partial charge in [-0.3, -0.25) is 4.79 Å². The molecule has 0 spiro atoms. The first-order chi connectivity index (χ1) is 12.5. The topological polar surface area (TPSA) is 78.5 Å². The van der Waals surface area contributed by atoms with Crippen molar-refractivity contribution in [1.82, 2.24) is 14.9 Å². The van der Waals surface area contributed by atoms with Gasteiger partial charge in [0.25, 0.3) is 5.91 Å². The van der Waals surface area contributed by atoms with Crippen molar-refractivity contribution in [3.63, 3.8) is 0 Å². The van der Waals surface area contributed by atoms with Crippen molar-refractivity contribution in [3.05, 3.63) is 51.7 Å². The SMILES string of the molecule is CCc1ccc(C2CNCCN2C(=O)c2cc(S(=O)(=O)NC)cs2)cc1. The van der Waals surface area contributed by atoms with Crippen LogP contribution in [0, 0.1) is 0 Å². The van der Waals surface area contributed by atoms with Gasteiger partial charge in [0.05, 0.1) is 15.8 Å². The van der Waals surface area contributed by atoms with Crippen LogP contribution < -0.4 is 10.0 Å². The maximum Gasteiger partial charge on any atom is 0.264 e. The van der Waals surface area contributed by atoms with Gasteiger partial charge in [-0.15, -0.1) is 11.3 Å². The first kappa shape index (κ1) is 19.0. The van der Waals surface area contributed by atoms with Gasteiger partial charge >= 0.3 is 0 Å². The molecule has 1 aliphatic heterocycles. The van der Waals surface area contributed by atoms with Crippen molar-refractivity contribution in [2.75, 3.05) is 26.7 Å². The zero-order valence-electron chi connectivity index (χ0n) is 14.9. The lowest BCUT2D eigenvalue weighted by atomic mass is 10.0. The van der Waals surface area contributed by atoms with Crippen LogP contribution in [0.3, 0.4) is 0 Å². The lowest BCUT2D eigenvalue weighted by Gasteiger charge is -2.36. The minimum atomic E-state index is -3.54. The number of sulfonamides is 1. The van der Waals surface area contributed by atoms with Crippen molar-refractivity contribution in [2.45, 2.75) is 24.3 Å². The quantitative estimate of drug-likeness (QED) is 0.815. The molecule has 1 unspecified atom stereocenters. The smallest absolute Gasteiger partial charge is 0.264 e. The van der Waals surface area contributed by atoms with Gasteiger partial charge in [-0.05, 0) is 30.7 Å². The Morgan fingerprint density at radius 1 is 1.35 bits per heavy atom. The number of thiophene rings is 1. The number of carbonyl (C=O) groups excluding carboxylic acids is 1. The highest BCUT2D eigenvalue weighted by molar-refractivity contribution is 7.89. The van der Waals surface area contributed by atoms with E-state index in [2.05, 4.69) is 41.2 Å². The molecule has 140 valence electrons. The fourth-order valence-corrected chi connectivity index (χ4v) is 5.01. The van der Waals surface area contributed by atoms with Crippen molar-refractivity contribution in [2.24, 2.45) is 0 Å². The molecule has 1 aromatic heterocycles. The van der Waals surface area contributed by atoms with Crippen molar-refractivity contribution < 1.29 is 13.2 Å². The molecule has 1 amide bonds. The third-order valence-corrected chi connectivity index (χ3v) is 7.10. The van der Waals surface area contributed by atoms with Gasteiger partial charge in [0.2, 0.25) is 10.0 Å². The number of nitrogens with one attached hydrogen (secondary N) is 2. The van der Waals surface area contributed by atoms with E-state index >= 15 is 0 Å². The third kappa shape index (κ3) is 3.83. The van der Waals surface area contributed by atoms with Gasteiger partial charge in [-0.2, -0.15) is 0 Å². The summed E-state index contributed by atoms with van der Waals surface area (Å²) >= 11 is 1.17. The van der Waals surface area contributed by atoms with E-state index in [0.29, 0.717) is 18.0 Å². The highest BCUT2D eigenvalue weighted by atomic mass is 32.2. The lowest BCUT2D eigenvalue weighted by molar-refractivity contribution is 0.0639. The highest BCUT2D eigenvalue weighted by Crippen LogP contribution is 2.27. The molecule has 1 fully saturated rings. The summed E-state index contributed by atoms with van der Waals surface area (Å²) < 4.78 is 26.1. The summed E-state index contributed by atoms with van der Waals surface area (Å²) in [5.74, 6) is -0.126. The maximum absolute atomic E-state index is 13.0. The third-order valence-electron chi connectivity index (χ3n) is 4.64. The number of nitrogens with zero attached hydrogens (tertiary/aromatic N) is 1. The number of piperazine rings is 1. The molecule has 6 nitrogen and oxygen atoms in total. The van der Waals surface area contributed by atoms with Gasteiger partial charge in [0.1, 0.15) is 0 Å². The molecule has 1 aliphatic rings. The minimum absolute atomic E-state index is 0.0615. The summed E-state index contributed by atoms with van der Waals surface area (Å²) in [4.78, 5) is 15.4. The van der Waals surface area contributed by atoms with Crippen LogP contribution in [0.25, 0.3) is 0 Å². The monoisotopic (exact) mass is 393 g/mol. The molecule has 2 N–H and O–H groups in total. The van der Waals surface area contributed by atoms with Gasteiger partial charge in [0, 0.05) is 25.0 Å². The Morgan fingerprint density at radius 2 is 2.08 bits per heavy atom. The number of benzene rings is 1. The highest BCUT2D eigenvalue weighted by Gasteiger charge is 2.30. The average molecular weight is 394 g/mol. The van der Waals surface area contributed by atoms with Crippen LogP contribution in [0.4, 0.5) is 0 Å². The van der Waals surface area contributed by atoms with Crippen LogP contribution in [0.5, 0.6) is 0 Å². The van der Waals surface area contributed by atoms with Gasteiger partial charge < -0.3 is 10.2 Å². The molecule has 2 heterocycles. The molecule has 0 saturated carbocycles. The van der Waals surface area contributed by atoms with Crippen LogP contribution in [-0.2, 0) is 16.4 Å². The first-order valence-electron chi connectivity index (χ1n) is 8.59. The van der Waals surface area contributed by atoms with Crippen molar-refractivity contribution >= 4 is 27.3 Å². The van der Waals surface area contributed by atoms with E-state index in [9.17, 15) is 13.2 Å². The average Bonchev–Trinajstić information content (AvgIpc) is 3.18. The summed E-state index contributed by atoms with van der Waals surface area (Å²) in [5, 5.41) is 4.85. The summed E-state index contributed by atoms with van der Waals surface area (Å²) in [6.07, 6.45) is 0.976. The van der Waals surface area contributed by atoms with E-state index in [1.807, 2.05) is 4.90 Å². The fourth-order valence-electron chi connectivity index (χ4n) is 3.05. The lowest BCUT2D eigenvalue weighted by Crippen LogP contribution is -2.48. The first-order valence-corrected chi connectivity index (χ1v) is 10.9. The second-order valence-corrected chi connectivity index (χ2v) is 8.97. The van der Waals surface area contributed by atoms with Crippen molar-refractivity contribution in [1.29, 1.82) is 0 Å². The fraction of sp³-hybridized carbons (Fsp3) is 0.389. The number of amides is 1. The van der Waals surface area contributed by atoms with E-state index in [4.69, 9.17) is 0 Å². The molecular formula is C18H23N3O3S2. The molecule has 8 heteroatoms. The number of rotatable bonds is 5. The van der Waals surface area contributed by atoms with Gasteiger partial charge in [0.15, 0.2) is 0 Å². The molecule has 1 saturated heterocycles. The van der Waals surface area contributed by atoms with Crippen molar-refractivity contribution in [3.8, 4) is 0 Å². The zero-order chi connectivity index (χ0) is 18.7. The van der Waals surface area contributed by atoms with E-state index < -0.39 is 10.0 Å². The summed E-state index contributed by atoms with van der Waals surface area (Å²) in [5.41, 5.74) is 2.35. The van der Waals surface area contributed by atoms with E-state index in [1.165, 1.54) is 35.4 Å². The second kappa shape index (κ2) is 7.87. The molecule has 26 heavy (non-hydrogen) atoms. The van der Waals surface area contributed by atoms with E-state index in [0.717, 1.165) is 18.5 Å². The molecule has 2 aromatic rings. The second-order valence-electron chi connectivity index (χ2n) is 6.17. The number of hydrogen-bond donors (Lipinski definition) is 2. The molecule has 0 bridgehead atoms. The summed E-state index contributed by atoms with van der Waals surface area (Å²) in [7, 11) is -2.18. The molecule has 3 rings (SSSR count). The Labute approximate surface area is 158 Å². The minimum Gasteiger partial charge on any atom is -0.328 e. The molecule has 1 atom stereocenters. The number of hydrogen-bond acceptors (Lipinski definition) is 5. The Morgan fingerprint density at radius 3 is 2.73 bits per heavy atom. The Balaban J connectivity index is 1.86. The molecular weight excluding hydrogens is 370 g/mol. The van der Waals surface area contributed by atoms with E-state index in [1.54, 1.807) is 0 Å². The Bertz CT molecular complexity index is 875. The van der Waals surface area contributed by atoms with Crippen LogP contribution >= 0.6 is 11.3 Å². The van der Waals surface area contributed by atoms with Crippen LogP contribution in [0.2, 0.25) is 0 Å². The predicted octanol–water partition coefficient (Wildman–Crippen LogP) is 2.01. The standard InChI is InChI=1S/C18H23N3O3S2/c1-3-13-4-6-14(7-5-13)16-11-20-8-9-21(16)18(22)17-10-15(12-25-17)26(23,24)19-2/h4-7,10,12,16,19-20H,3,8-9,11H2,1-2H3. The number of aryl methyl sites for hydroxylation is 1. The molecule has 0 radical (unpaired) electrons. The zero-order valence-corrected chi connectivity index (χ0v) is 16.5. The van der Waals surface area contributed by atoms with Crippen LogP contribution in [0.1, 0.15) is 33.8 Å². The normalized spacial score (nSPS) is 18.1. The van der Waals surface area contributed by atoms with Gasteiger partial charge in [-0.25, -0.2) is 13.1 Å².